The van der Waals surface area contributed by atoms with Gasteiger partial charge in [-0.3, -0.25) is 4.68 Å². The third kappa shape index (κ3) is 5.02. The molecule has 0 spiro atoms. The molecule has 0 bridgehead atoms. The smallest absolute Gasteiger partial charge is 0.239 e. The molecule has 1 fully saturated rings. The first-order chi connectivity index (χ1) is 14.8. The number of aryl methyl sites for hydroxylation is 1. The van der Waals surface area contributed by atoms with Gasteiger partial charge in [-0.1, -0.05) is 18.2 Å². The van der Waals surface area contributed by atoms with Crippen LogP contribution in [-0.2, 0) is 17.7 Å². The number of aliphatic hydroxyl groups is 4. The molecule has 1 saturated heterocycles. The Morgan fingerprint density at radius 3 is 2.48 bits per heavy atom. The highest BCUT2D eigenvalue weighted by Crippen LogP contribution is 2.31. The summed E-state index contributed by atoms with van der Waals surface area (Å²) in [4.78, 5) is 0. The van der Waals surface area contributed by atoms with Crippen molar-refractivity contribution in [1.29, 1.82) is 0 Å². The number of aliphatic hydroxyl groups excluding tert-OH is 4. The van der Waals surface area contributed by atoms with Crippen molar-refractivity contribution >= 4 is 0 Å². The lowest BCUT2D eigenvalue weighted by atomic mass is 9.99. The standard InChI is InChI=1S/C22H32N2O7/c1-5-24-13(4)15(10-14-8-6-7-9-16(14)29-12(2)3)21(23-24)31-22-20(28)19(27)18(26)17(11-25)30-22/h6-9,12,17-20,22,25-28H,5,10-11H2,1-4H3/t17-,18-,19+,20-,22+/m1/s1. The summed E-state index contributed by atoms with van der Waals surface area (Å²) in [6.07, 6.45) is -6.33. The Bertz CT molecular complexity index is 868. The second kappa shape index (κ2) is 9.97. The van der Waals surface area contributed by atoms with E-state index in [1.807, 2.05) is 52.0 Å². The zero-order chi connectivity index (χ0) is 22.7. The van der Waals surface area contributed by atoms with E-state index in [-0.39, 0.29) is 12.0 Å². The highest BCUT2D eigenvalue weighted by Gasteiger charge is 2.45. The fourth-order valence-electron chi connectivity index (χ4n) is 3.65. The van der Waals surface area contributed by atoms with Crippen LogP contribution in [-0.4, -0.2) is 73.6 Å². The van der Waals surface area contributed by atoms with Crippen molar-refractivity contribution < 1.29 is 34.6 Å². The summed E-state index contributed by atoms with van der Waals surface area (Å²) in [5.41, 5.74) is 2.63. The van der Waals surface area contributed by atoms with E-state index < -0.39 is 37.3 Å². The molecule has 9 heteroatoms. The minimum Gasteiger partial charge on any atom is -0.491 e. The average Bonchev–Trinajstić information content (AvgIpc) is 3.04. The zero-order valence-electron chi connectivity index (χ0n) is 18.3. The molecule has 0 unspecified atom stereocenters. The number of para-hydroxylation sites is 1. The predicted molar refractivity (Wildman–Crippen MR) is 112 cm³/mol. The molecule has 5 atom stereocenters. The van der Waals surface area contributed by atoms with Gasteiger partial charge in [0.05, 0.1) is 12.7 Å². The van der Waals surface area contributed by atoms with Gasteiger partial charge in [-0.15, -0.1) is 5.10 Å². The molecule has 1 aromatic carbocycles. The Kier molecular flexibility index (Phi) is 7.55. The number of aromatic nitrogens is 2. The first kappa shape index (κ1) is 23.5. The summed E-state index contributed by atoms with van der Waals surface area (Å²) in [7, 11) is 0. The largest absolute Gasteiger partial charge is 0.491 e. The molecule has 9 nitrogen and oxygen atoms in total. The third-order valence-corrected chi connectivity index (χ3v) is 5.37. The fourth-order valence-corrected chi connectivity index (χ4v) is 3.65. The number of benzene rings is 1. The van der Waals surface area contributed by atoms with Crippen LogP contribution in [0.2, 0.25) is 0 Å². The van der Waals surface area contributed by atoms with E-state index in [1.54, 1.807) is 4.68 Å². The van der Waals surface area contributed by atoms with Gasteiger partial charge < -0.3 is 34.6 Å². The molecule has 2 heterocycles. The summed E-state index contributed by atoms with van der Waals surface area (Å²) in [6.45, 7) is 7.89. The molecule has 3 rings (SSSR count). The van der Waals surface area contributed by atoms with Gasteiger partial charge >= 0.3 is 0 Å². The molecule has 31 heavy (non-hydrogen) atoms. The van der Waals surface area contributed by atoms with Gasteiger partial charge in [-0.25, -0.2) is 0 Å². The van der Waals surface area contributed by atoms with Gasteiger partial charge in [-0.05, 0) is 39.3 Å². The molecule has 4 N–H and O–H groups in total. The van der Waals surface area contributed by atoms with Gasteiger partial charge in [0.1, 0.15) is 30.2 Å². The molecule has 0 amide bonds. The van der Waals surface area contributed by atoms with E-state index in [4.69, 9.17) is 14.2 Å². The molecular formula is C22H32N2O7. The van der Waals surface area contributed by atoms with Gasteiger partial charge in [0.25, 0.3) is 0 Å². The van der Waals surface area contributed by atoms with Crippen LogP contribution in [0.1, 0.15) is 37.6 Å². The number of ether oxygens (including phenoxy) is 3. The van der Waals surface area contributed by atoms with Crippen molar-refractivity contribution in [3.05, 3.63) is 41.1 Å². The first-order valence-electron chi connectivity index (χ1n) is 10.5. The lowest BCUT2D eigenvalue weighted by Crippen LogP contribution is -2.60. The number of hydrogen-bond acceptors (Lipinski definition) is 8. The summed E-state index contributed by atoms with van der Waals surface area (Å²) in [5.74, 6) is 1.02. The van der Waals surface area contributed by atoms with Gasteiger partial charge in [0, 0.05) is 24.2 Å². The van der Waals surface area contributed by atoms with Crippen molar-refractivity contribution in [3.8, 4) is 11.6 Å². The molecule has 0 radical (unpaired) electrons. The van der Waals surface area contributed by atoms with Crippen molar-refractivity contribution in [2.75, 3.05) is 6.61 Å². The van der Waals surface area contributed by atoms with Crippen LogP contribution in [0.3, 0.4) is 0 Å². The Hall–Kier alpha value is -2.17. The van der Waals surface area contributed by atoms with Gasteiger partial charge in [0.2, 0.25) is 12.2 Å². The Balaban J connectivity index is 1.91. The van der Waals surface area contributed by atoms with Crippen LogP contribution in [0.25, 0.3) is 0 Å². The first-order valence-corrected chi connectivity index (χ1v) is 10.5. The molecule has 0 saturated carbocycles. The highest BCUT2D eigenvalue weighted by molar-refractivity contribution is 5.42. The van der Waals surface area contributed by atoms with Crippen LogP contribution >= 0.6 is 0 Å². The minimum atomic E-state index is -1.52. The van der Waals surface area contributed by atoms with E-state index >= 15 is 0 Å². The normalized spacial score (nSPS) is 26.3. The van der Waals surface area contributed by atoms with Crippen molar-refractivity contribution in [2.24, 2.45) is 0 Å². The number of rotatable bonds is 8. The minimum absolute atomic E-state index is 0.0189. The summed E-state index contributed by atoms with van der Waals surface area (Å²) in [6, 6.07) is 7.72. The van der Waals surface area contributed by atoms with Crippen LogP contribution in [0, 0.1) is 6.92 Å². The zero-order valence-corrected chi connectivity index (χ0v) is 18.3. The van der Waals surface area contributed by atoms with Crippen LogP contribution in [0.15, 0.2) is 24.3 Å². The predicted octanol–water partition coefficient (Wildman–Crippen LogP) is 0.768. The van der Waals surface area contributed by atoms with E-state index in [1.165, 1.54) is 0 Å². The maximum absolute atomic E-state index is 10.3. The monoisotopic (exact) mass is 436 g/mol. The topological polar surface area (TPSA) is 126 Å². The van der Waals surface area contributed by atoms with E-state index in [0.29, 0.717) is 13.0 Å². The second-order valence-electron chi connectivity index (χ2n) is 7.95. The number of nitrogens with zero attached hydrogens (tertiary/aromatic N) is 2. The lowest BCUT2D eigenvalue weighted by Gasteiger charge is -2.39. The Morgan fingerprint density at radius 1 is 1.13 bits per heavy atom. The molecule has 172 valence electrons. The van der Waals surface area contributed by atoms with Crippen LogP contribution < -0.4 is 9.47 Å². The fraction of sp³-hybridized carbons (Fsp3) is 0.591. The second-order valence-corrected chi connectivity index (χ2v) is 7.95. The van der Waals surface area contributed by atoms with Gasteiger partial charge in [0.15, 0.2) is 0 Å². The molecular weight excluding hydrogens is 404 g/mol. The maximum Gasteiger partial charge on any atom is 0.239 e. The molecule has 1 aliphatic rings. The highest BCUT2D eigenvalue weighted by atomic mass is 16.7. The Morgan fingerprint density at radius 2 is 1.84 bits per heavy atom. The van der Waals surface area contributed by atoms with E-state index in [2.05, 4.69) is 5.10 Å². The average molecular weight is 437 g/mol. The van der Waals surface area contributed by atoms with Gasteiger partial charge in [-0.2, -0.15) is 0 Å². The lowest BCUT2D eigenvalue weighted by molar-refractivity contribution is -0.278. The Labute approximate surface area is 181 Å². The summed E-state index contributed by atoms with van der Waals surface area (Å²) in [5, 5.41) is 44.3. The van der Waals surface area contributed by atoms with E-state index in [0.717, 1.165) is 22.6 Å². The van der Waals surface area contributed by atoms with Crippen molar-refractivity contribution in [2.45, 2.75) is 77.5 Å². The molecule has 1 aliphatic heterocycles. The van der Waals surface area contributed by atoms with E-state index in [9.17, 15) is 20.4 Å². The third-order valence-electron chi connectivity index (χ3n) is 5.37. The molecule has 0 aliphatic carbocycles. The molecule has 1 aromatic heterocycles. The summed E-state index contributed by atoms with van der Waals surface area (Å²) >= 11 is 0. The maximum atomic E-state index is 10.3. The SMILES string of the molecule is CCn1nc(O[C@@H]2O[C@H](CO)[C@@H](O)[C@H](O)[C@H]2O)c(Cc2ccccc2OC(C)C)c1C. The molecule has 2 aromatic rings. The summed E-state index contributed by atoms with van der Waals surface area (Å²) < 4.78 is 19.1. The van der Waals surface area contributed by atoms with Crippen LogP contribution in [0.5, 0.6) is 11.6 Å². The van der Waals surface area contributed by atoms with Crippen LogP contribution in [0.4, 0.5) is 0 Å². The van der Waals surface area contributed by atoms with Crippen molar-refractivity contribution in [3.63, 3.8) is 0 Å². The van der Waals surface area contributed by atoms with Crippen molar-refractivity contribution in [1.82, 2.24) is 9.78 Å². The quantitative estimate of drug-likeness (QED) is 0.478. The number of hydrogen-bond donors (Lipinski definition) is 4.